The molecule has 5 heteroatoms. The van der Waals surface area contributed by atoms with Crippen molar-refractivity contribution in [1.82, 2.24) is 5.32 Å². The van der Waals surface area contributed by atoms with Gasteiger partial charge in [-0.1, -0.05) is 47.5 Å². The van der Waals surface area contributed by atoms with Crippen LogP contribution in [0.2, 0.25) is 10.0 Å². The Morgan fingerprint density at radius 3 is 2.77 bits per heavy atom. The number of fused-ring (bicyclic) bond motifs is 1. The molecule has 1 atom stereocenters. The van der Waals surface area contributed by atoms with Crippen LogP contribution in [0.25, 0.3) is 6.08 Å². The van der Waals surface area contributed by atoms with Crippen LogP contribution in [0.3, 0.4) is 0 Å². The fourth-order valence-electron chi connectivity index (χ4n) is 3.33. The summed E-state index contributed by atoms with van der Waals surface area (Å²) in [5.74, 6) is -0.344. The van der Waals surface area contributed by atoms with Gasteiger partial charge in [0.05, 0.1) is 7.11 Å². The van der Waals surface area contributed by atoms with Gasteiger partial charge in [-0.15, -0.1) is 0 Å². The smallest absolute Gasteiger partial charge is 0.330 e. The second-order valence-electron chi connectivity index (χ2n) is 6.31. The van der Waals surface area contributed by atoms with Crippen LogP contribution in [0.4, 0.5) is 0 Å². The Kier molecular flexibility index (Phi) is 6.36. The summed E-state index contributed by atoms with van der Waals surface area (Å²) in [6.45, 7) is 0.817. The number of carbonyl (C=O) groups is 1. The molecule has 1 aliphatic carbocycles. The molecule has 26 heavy (non-hydrogen) atoms. The van der Waals surface area contributed by atoms with Crippen molar-refractivity contribution in [3.8, 4) is 0 Å². The van der Waals surface area contributed by atoms with Gasteiger partial charge in [-0.05, 0) is 66.3 Å². The van der Waals surface area contributed by atoms with Gasteiger partial charge in [-0.3, -0.25) is 0 Å². The van der Waals surface area contributed by atoms with E-state index in [9.17, 15) is 4.79 Å². The van der Waals surface area contributed by atoms with Crippen LogP contribution < -0.4 is 5.32 Å². The predicted octanol–water partition coefficient (Wildman–Crippen LogP) is 5.00. The standard InChI is InChI=1S/C21H21Cl2NO2/c1-26-21(25)10-6-14-5-8-16-15(13-14)7-9-20(16)24-12-11-17-18(22)3-2-4-19(17)23/h2-6,8,10,13,20,24H,7,9,11-12H2,1H3. The summed E-state index contributed by atoms with van der Waals surface area (Å²) >= 11 is 12.5. The van der Waals surface area contributed by atoms with Crippen LogP contribution in [-0.4, -0.2) is 19.6 Å². The molecule has 0 amide bonds. The molecule has 0 aliphatic heterocycles. The van der Waals surface area contributed by atoms with Crippen LogP contribution in [-0.2, 0) is 22.4 Å². The average molecular weight is 390 g/mol. The number of nitrogens with one attached hydrogen (secondary N) is 1. The molecule has 0 spiro atoms. The second kappa shape index (κ2) is 8.72. The van der Waals surface area contributed by atoms with Crippen molar-refractivity contribution in [3.63, 3.8) is 0 Å². The minimum absolute atomic E-state index is 0.338. The Balaban J connectivity index is 1.61. The number of hydrogen-bond donors (Lipinski definition) is 1. The zero-order valence-corrected chi connectivity index (χ0v) is 16.1. The molecule has 1 aliphatic rings. The maximum atomic E-state index is 11.2. The van der Waals surface area contributed by atoms with E-state index in [1.807, 2.05) is 24.3 Å². The molecule has 1 unspecified atom stereocenters. The lowest BCUT2D eigenvalue weighted by Crippen LogP contribution is -2.22. The first-order chi connectivity index (χ1) is 12.6. The predicted molar refractivity (Wildman–Crippen MR) is 107 cm³/mol. The molecular weight excluding hydrogens is 369 g/mol. The first kappa shape index (κ1) is 19.0. The molecule has 3 rings (SSSR count). The van der Waals surface area contributed by atoms with Crippen molar-refractivity contribution in [2.45, 2.75) is 25.3 Å². The van der Waals surface area contributed by atoms with E-state index in [1.54, 1.807) is 6.08 Å². The maximum absolute atomic E-state index is 11.2. The summed E-state index contributed by atoms with van der Waals surface area (Å²) < 4.78 is 4.62. The van der Waals surface area contributed by atoms with Crippen molar-refractivity contribution in [3.05, 3.63) is 74.8 Å². The quantitative estimate of drug-likeness (QED) is 0.557. The molecule has 0 saturated carbocycles. The highest BCUT2D eigenvalue weighted by Crippen LogP contribution is 2.32. The van der Waals surface area contributed by atoms with Crippen LogP contribution in [0.5, 0.6) is 0 Å². The number of rotatable bonds is 6. The Labute approximate surface area is 164 Å². The van der Waals surface area contributed by atoms with E-state index in [1.165, 1.54) is 24.3 Å². The van der Waals surface area contributed by atoms with Gasteiger partial charge in [0.25, 0.3) is 0 Å². The van der Waals surface area contributed by atoms with E-state index in [2.05, 4.69) is 22.2 Å². The lowest BCUT2D eigenvalue weighted by atomic mass is 10.0. The normalized spacial score (nSPS) is 16.0. The maximum Gasteiger partial charge on any atom is 0.330 e. The molecule has 3 nitrogen and oxygen atoms in total. The van der Waals surface area contributed by atoms with E-state index in [4.69, 9.17) is 23.2 Å². The first-order valence-corrected chi connectivity index (χ1v) is 9.39. The lowest BCUT2D eigenvalue weighted by Gasteiger charge is -2.15. The summed E-state index contributed by atoms with van der Waals surface area (Å²) in [6.07, 6.45) is 6.12. The molecular formula is C21H21Cl2NO2. The Morgan fingerprint density at radius 1 is 1.27 bits per heavy atom. The van der Waals surface area contributed by atoms with Crippen molar-refractivity contribution in [2.75, 3.05) is 13.7 Å². The monoisotopic (exact) mass is 389 g/mol. The largest absolute Gasteiger partial charge is 0.466 e. The zero-order chi connectivity index (χ0) is 18.5. The van der Waals surface area contributed by atoms with Crippen molar-refractivity contribution in [2.24, 2.45) is 0 Å². The van der Waals surface area contributed by atoms with Crippen molar-refractivity contribution in [1.29, 1.82) is 0 Å². The average Bonchev–Trinajstić information content (AvgIpc) is 3.04. The molecule has 2 aromatic rings. The number of hydrogen-bond acceptors (Lipinski definition) is 3. The first-order valence-electron chi connectivity index (χ1n) is 8.63. The highest BCUT2D eigenvalue weighted by molar-refractivity contribution is 6.35. The third-order valence-electron chi connectivity index (χ3n) is 4.69. The molecule has 0 fully saturated rings. The molecule has 0 saturated heterocycles. The van der Waals surface area contributed by atoms with E-state index in [0.29, 0.717) is 16.1 Å². The topological polar surface area (TPSA) is 38.3 Å². The zero-order valence-electron chi connectivity index (χ0n) is 14.6. The number of methoxy groups -OCH3 is 1. The molecule has 0 radical (unpaired) electrons. The van der Waals surface area contributed by atoms with Crippen LogP contribution >= 0.6 is 23.2 Å². The van der Waals surface area contributed by atoms with E-state index in [-0.39, 0.29) is 5.97 Å². The number of ether oxygens (including phenoxy) is 1. The van der Waals surface area contributed by atoms with Crippen LogP contribution in [0.1, 0.15) is 34.7 Å². The number of aryl methyl sites for hydroxylation is 1. The van der Waals surface area contributed by atoms with Gasteiger partial charge < -0.3 is 10.1 Å². The number of benzene rings is 2. The molecule has 0 bridgehead atoms. The molecule has 2 aromatic carbocycles. The number of esters is 1. The van der Waals surface area contributed by atoms with Crippen molar-refractivity contribution < 1.29 is 9.53 Å². The van der Waals surface area contributed by atoms with Crippen LogP contribution in [0.15, 0.2) is 42.5 Å². The minimum Gasteiger partial charge on any atom is -0.466 e. The fourth-order valence-corrected chi connectivity index (χ4v) is 3.91. The molecule has 0 aromatic heterocycles. The van der Waals surface area contributed by atoms with Gasteiger partial charge in [0.2, 0.25) is 0 Å². The van der Waals surface area contributed by atoms with Gasteiger partial charge in [-0.25, -0.2) is 4.79 Å². The van der Waals surface area contributed by atoms with Gasteiger partial charge in [0.15, 0.2) is 0 Å². The summed E-state index contributed by atoms with van der Waals surface area (Å²) in [4.78, 5) is 11.2. The Morgan fingerprint density at radius 2 is 2.04 bits per heavy atom. The third-order valence-corrected chi connectivity index (χ3v) is 5.39. The van der Waals surface area contributed by atoms with E-state index >= 15 is 0 Å². The number of halogens is 2. The summed E-state index contributed by atoms with van der Waals surface area (Å²) in [5.41, 5.74) is 4.65. The lowest BCUT2D eigenvalue weighted by molar-refractivity contribution is -0.134. The molecule has 136 valence electrons. The van der Waals surface area contributed by atoms with Gasteiger partial charge >= 0.3 is 5.97 Å². The van der Waals surface area contributed by atoms with Gasteiger partial charge in [0, 0.05) is 22.2 Å². The second-order valence-corrected chi connectivity index (χ2v) is 7.12. The summed E-state index contributed by atoms with van der Waals surface area (Å²) in [5, 5.41) is 5.04. The van der Waals surface area contributed by atoms with Gasteiger partial charge in [-0.2, -0.15) is 0 Å². The molecule has 1 N–H and O–H groups in total. The SMILES string of the molecule is COC(=O)C=Cc1ccc2c(c1)CCC2NCCc1c(Cl)cccc1Cl. The third kappa shape index (κ3) is 4.47. The Bertz CT molecular complexity index is 813. The molecule has 0 heterocycles. The summed E-state index contributed by atoms with van der Waals surface area (Å²) in [6, 6.07) is 12.3. The summed E-state index contributed by atoms with van der Waals surface area (Å²) in [7, 11) is 1.38. The minimum atomic E-state index is -0.344. The highest BCUT2D eigenvalue weighted by Gasteiger charge is 2.22. The Hall–Kier alpha value is -1.81. The van der Waals surface area contributed by atoms with E-state index < -0.39 is 0 Å². The highest BCUT2D eigenvalue weighted by atomic mass is 35.5. The van der Waals surface area contributed by atoms with Crippen LogP contribution in [0, 0.1) is 0 Å². The van der Waals surface area contributed by atoms with Gasteiger partial charge in [0.1, 0.15) is 0 Å². The number of carbonyl (C=O) groups excluding carboxylic acids is 1. The fraction of sp³-hybridized carbons (Fsp3) is 0.286. The van der Waals surface area contributed by atoms with Crippen molar-refractivity contribution >= 4 is 35.2 Å². The van der Waals surface area contributed by atoms with E-state index in [0.717, 1.165) is 36.9 Å².